The number of phenols is 1. The van der Waals surface area contributed by atoms with Gasteiger partial charge in [0.15, 0.2) is 0 Å². The monoisotopic (exact) mass is 741 g/mol. The molecule has 4 N–H and O–H groups in total. The summed E-state index contributed by atoms with van der Waals surface area (Å²) in [4.78, 5) is 49.4. The average molecular weight is 742 g/mol. The number of carbonyl (C=O) groups is 3. The number of carbonyl (C=O) groups excluding carboxylic acids is 3. The Balaban J connectivity index is 1.50. The topological polar surface area (TPSA) is 167 Å². The van der Waals surface area contributed by atoms with Gasteiger partial charge in [-0.05, 0) is 62.3 Å². The number of methoxy groups -OCH3 is 1. The fourth-order valence-corrected chi connectivity index (χ4v) is 8.04. The second-order valence-corrected chi connectivity index (χ2v) is 15.5. The Kier molecular flexibility index (Phi) is 10.4. The average Bonchev–Trinajstić information content (AvgIpc) is 3.64. The maximum atomic E-state index is 14.6. The van der Waals surface area contributed by atoms with Crippen molar-refractivity contribution in [1.82, 2.24) is 10.2 Å². The van der Waals surface area contributed by atoms with Crippen LogP contribution in [0.15, 0.2) is 76.5 Å². The molecule has 1 aromatic rings. The summed E-state index contributed by atoms with van der Waals surface area (Å²) in [5.41, 5.74) is 1.67. The molecular weight excluding hydrogens is 690 g/mol. The number of Topliss-reactive ketones (excluding diaryl/α,β-unsaturated/α-hetero) is 2. The van der Waals surface area contributed by atoms with Gasteiger partial charge in [-0.3, -0.25) is 19.4 Å². The Hall–Kier alpha value is -4.78. The third-order valence-corrected chi connectivity index (χ3v) is 12.0. The highest BCUT2D eigenvalue weighted by Crippen LogP contribution is 2.54. The summed E-state index contributed by atoms with van der Waals surface area (Å²) in [6.45, 7) is 16.1. The van der Waals surface area contributed by atoms with E-state index in [9.17, 15) is 29.7 Å². The lowest BCUT2D eigenvalue weighted by Crippen LogP contribution is -2.41. The van der Waals surface area contributed by atoms with E-state index in [4.69, 9.17) is 19.2 Å². The van der Waals surface area contributed by atoms with Gasteiger partial charge in [-0.2, -0.15) is 0 Å². The number of aliphatic hydroxyl groups is 2. The maximum Gasteiger partial charge on any atom is 0.312 e. The minimum Gasteiger partial charge on any atom is -0.507 e. The van der Waals surface area contributed by atoms with Gasteiger partial charge in [-0.25, -0.2) is 0 Å². The first-order valence-corrected chi connectivity index (χ1v) is 18.5. The number of ether oxygens (including phenoxy) is 3. The minimum atomic E-state index is -1.87. The van der Waals surface area contributed by atoms with Gasteiger partial charge in [0.2, 0.25) is 5.78 Å². The molecule has 5 bridgehead atoms. The summed E-state index contributed by atoms with van der Waals surface area (Å²) in [6, 6.07) is -0.961. The van der Waals surface area contributed by atoms with Crippen LogP contribution in [0.1, 0.15) is 93.3 Å². The van der Waals surface area contributed by atoms with Gasteiger partial charge in [0.05, 0.1) is 41.4 Å². The van der Waals surface area contributed by atoms with Gasteiger partial charge in [0.25, 0.3) is 11.7 Å². The van der Waals surface area contributed by atoms with Gasteiger partial charge in [0, 0.05) is 48.8 Å². The second-order valence-electron chi connectivity index (χ2n) is 15.5. The first-order valence-electron chi connectivity index (χ1n) is 18.5. The highest BCUT2D eigenvalue weighted by Gasteiger charge is 2.54. The van der Waals surface area contributed by atoms with Crippen LogP contribution in [0.2, 0.25) is 0 Å². The third kappa shape index (κ3) is 6.33. The van der Waals surface area contributed by atoms with Gasteiger partial charge >= 0.3 is 5.79 Å². The molecule has 5 aliphatic rings. The molecule has 0 saturated heterocycles. The Labute approximate surface area is 316 Å². The lowest BCUT2D eigenvalue weighted by atomic mass is 9.74. The fraction of sp³-hybridized carbons (Fsp3) is 0.476. The Morgan fingerprint density at radius 2 is 1.65 bits per heavy atom. The Morgan fingerprint density at radius 3 is 2.33 bits per heavy atom. The molecule has 0 radical (unpaired) electrons. The molecule has 6 rings (SSSR count). The van der Waals surface area contributed by atoms with E-state index in [0.717, 1.165) is 5.57 Å². The summed E-state index contributed by atoms with van der Waals surface area (Å²) in [7, 11) is 1.57. The smallest absolute Gasteiger partial charge is 0.312 e. The summed E-state index contributed by atoms with van der Waals surface area (Å²) in [5.74, 6) is -4.78. The number of nitrogens with one attached hydrogen (secondary N) is 1. The van der Waals surface area contributed by atoms with Crippen molar-refractivity contribution >= 4 is 23.3 Å². The highest BCUT2D eigenvalue weighted by atomic mass is 16.7. The lowest BCUT2D eigenvalue weighted by Gasteiger charge is -2.37. The molecule has 4 aliphatic heterocycles. The number of benzene rings is 1. The van der Waals surface area contributed by atoms with E-state index in [1.165, 1.54) is 13.2 Å². The van der Waals surface area contributed by atoms with Crippen LogP contribution in [0.25, 0.3) is 0 Å². The number of allylic oxidation sites excluding steroid dienone is 5. The van der Waals surface area contributed by atoms with Crippen molar-refractivity contribution in [1.29, 1.82) is 0 Å². The van der Waals surface area contributed by atoms with Gasteiger partial charge < -0.3 is 39.7 Å². The van der Waals surface area contributed by atoms with E-state index in [1.807, 2.05) is 53.7 Å². The molecule has 10 atom stereocenters. The van der Waals surface area contributed by atoms with Crippen LogP contribution in [-0.2, 0) is 14.3 Å². The molecule has 0 aromatic heterocycles. The third-order valence-electron chi connectivity index (χ3n) is 12.0. The minimum absolute atomic E-state index is 0.0699. The quantitative estimate of drug-likeness (QED) is 0.280. The predicted molar refractivity (Wildman–Crippen MR) is 202 cm³/mol. The van der Waals surface area contributed by atoms with Crippen LogP contribution in [0.5, 0.6) is 11.5 Å². The van der Waals surface area contributed by atoms with Crippen LogP contribution in [0.4, 0.5) is 0 Å². The number of aliphatic hydroxyl groups excluding tert-OH is 2. The number of amidine groups is 1. The largest absolute Gasteiger partial charge is 0.507 e. The number of hydrogen-bond donors (Lipinski definition) is 4. The Bertz CT molecular complexity index is 2000. The molecule has 12 heteroatoms. The van der Waals surface area contributed by atoms with Crippen molar-refractivity contribution in [2.45, 2.75) is 92.5 Å². The van der Waals surface area contributed by atoms with E-state index < -0.39 is 53.5 Å². The van der Waals surface area contributed by atoms with Crippen molar-refractivity contribution in [3.63, 3.8) is 0 Å². The summed E-state index contributed by atoms with van der Waals surface area (Å²) in [6.07, 6.45) is 11.3. The molecule has 12 nitrogen and oxygen atoms in total. The zero-order valence-corrected chi connectivity index (χ0v) is 32.5. The molecule has 4 heterocycles. The van der Waals surface area contributed by atoms with Crippen LogP contribution in [-0.4, -0.2) is 74.7 Å². The standard InChI is InChI=1S/C42H51N3O9/c1-19-14-16-45-28(18-19)43-32-29-30-37(48)26(8)39-31(29)40(50)42(9,54-39)53-17-15-27(52-10)23(5)22(4)24(6)36(47)25(7)35(46)20(2)12-11-13-21(3)41(51)44-33(34(32)45)38(30)49/h11-18,20,22-25,27,32,35-36,46-48H,1-10H3,(H,44,51)/b12-11+,17-15+,21-13-/t20-,22+,23-,24-,25+,27-,32?,35-,36-,42-/m0/s1. The zero-order valence-electron chi connectivity index (χ0n) is 32.5. The molecule has 0 spiro atoms. The molecule has 1 amide bonds. The molecule has 54 heavy (non-hydrogen) atoms. The summed E-state index contributed by atoms with van der Waals surface area (Å²) < 4.78 is 18.1. The summed E-state index contributed by atoms with van der Waals surface area (Å²) >= 11 is 0. The number of ketones is 2. The SMILES string of the molecule is CO[C@H]1/C=C/O[C@@]2(C)Oc3c(C)c(O)c4c(c3C2=O)C2N=C3C=C(C)C=CN3C2=C(NC(=O)/C(C)=C\C=C\[C@H](C)[C@H](O)[C@@H](C)[C@@H](O)[C@@H](C)[C@H](C)[C@@H]1C)C4=O. The normalized spacial score (nSPS) is 36.3. The van der Waals surface area contributed by atoms with Crippen molar-refractivity contribution in [3.8, 4) is 11.5 Å². The van der Waals surface area contributed by atoms with E-state index >= 15 is 0 Å². The number of rotatable bonds is 1. The summed E-state index contributed by atoms with van der Waals surface area (Å²) in [5, 5.41) is 37.1. The molecule has 0 fully saturated rings. The van der Waals surface area contributed by atoms with Crippen LogP contribution >= 0.6 is 0 Å². The molecule has 1 aromatic carbocycles. The molecule has 288 valence electrons. The second kappa shape index (κ2) is 14.5. The van der Waals surface area contributed by atoms with Crippen molar-refractivity contribution < 1.29 is 43.9 Å². The van der Waals surface area contributed by atoms with E-state index in [-0.39, 0.29) is 68.7 Å². The first kappa shape index (κ1) is 38.9. The van der Waals surface area contributed by atoms with Gasteiger partial charge in [-0.1, -0.05) is 52.8 Å². The van der Waals surface area contributed by atoms with Crippen LogP contribution in [0.3, 0.4) is 0 Å². The van der Waals surface area contributed by atoms with Gasteiger partial charge in [0.1, 0.15) is 29.1 Å². The molecule has 0 saturated carbocycles. The number of amides is 1. The zero-order chi connectivity index (χ0) is 39.5. The van der Waals surface area contributed by atoms with Gasteiger partial charge in [-0.15, -0.1) is 0 Å². The fourth-order valence-electron chi connectivity index (χ4n) is 8.04. The number of aromatic hydroxyl groups is 1. The Morgan fingerprint density at radius 1 is 0.944 bits per heavy atom. The molecule has 1 unspecified atom stereocenters. The molecular formula is C42H51N3O9. The predicted octanol–water partition coefficient (Wildman–Crippen LogP) is 5.71. The number of phenolic OH excluding ortho intramolecular Hbond substituents is 1. The number of hydrogen-bond acceptors (Lipinski definition) is 11. The van der Waals surface area contributed by atoms with Crippen molar-refractivity contribution in [2.75, 3.05) is 7.11 Å². The number of nitrogens with zero attached hydrogens (tertiary/aromatic N) is 2. The van der Waals surface area contributed by atoms with Crippen molar-refractivity contribution in [3.05, 3.63) is 93.7 Å². The molecule has 1 aliphatic carbocycles. The number of fused-ring (bicyclic) bond motifs is 5. The number of aliphatic imine (C=N–C) groups is 1. The van der Waals surface area contributed by atoms with Crippen molar-refractivity contribution in [2.24, 2.45) is 34.6 Å². The van der Waals surface area contributed by atoms with Crippen LogP contribution in [0, 0.1) is 36.5 Å². The van der Waals surface area contributed by atoms with Crippen LogP contribution < -0.4 is 10.1 Å². The van der Waals surface area contributed by atoms with E-state index in [1.54, 1.807) is 56.4 Å². The maximum absolute atomic E-state index is 14.6. The highest BCUT2D eigenvalue weighted by molar-refractivity contribution is 6.20. The van der Waals surface area contributed by atoms with E-state index in [2.05, 4.69) is 5.32 Å². The first-order chi connectivity index (χ1) is 25.4. The van der Waals surface area contributed by atoms with E-state index in [0.29, 0.717) is 11.5 Å². The lowest BCUT2D eigenvalue weighted by molar-refractivity contribution is -0.116.